The second-order valence-corrected chi connectivity index (χ2v) is 31.1. The smallest absolute Gasteiger partial charge is 0.218 e. The minimum Gasteiger partial charge on any atom is -0.735 e. The fraction of sp³-hybridized carbons (Fsp3) is 0.905. The summed E-state index contributed by atoms with van der Waals surface area (Å²) in [6.45, 7) is -0.721. The van der Waals surface area contributed by atoms with Crippen LogP contribution in [0.4, 0.5) is 0 Å². The first-order valence-corrected chi connectivity index (χ1v) is 37.7. The molecule has 606 valence electrons. The Morgan fingerprint density at radius 2 is 0.721 bits per heavy atom. The molecule has 0 aromatic heterocycles. The lowest BCUT2D eigenvalue weighted by Crippen LogP contribution is -2.72. The molecule has 62 heteroatoms. The quantitative estimate of drug-likeness (QED) is 0.0227. The third-order valence-corrected chi connectivity index (χ3v) is 18.7. The fourth-order valence-corrected chi connectivity index (χ4v) is 14.3. The third kappa shape index (κ3) is 24.1. The van der Waals surface area contributed by atoms with Crippen LogP contribution in [0.5, 0.6) is 0 Å². The van der Waals surface area contributed by atoms with Crippen molar-refractivity contribution in [3.63, 3.8) is 0 Å². The molecule has 0 saturated carbocycles. The van der Waals surface area contributed by atoms with E-state index in [-0.39, 0.29) is 0 Å². The van der Waals surface area contributed by atoms with Crippen molar-refractivity contribution in [2.45, 2.75) is 206 Å². The van der Waals surface area contributed by atoms with Crippen molar-refractivity contribution in [3.05, 3.63) is 0 Å². The predicted molar refractivity (Wildman–Crippen MR) is 285 cm³/mol. The lowest BCUT2D eigenvalue weighted by atomic mass is 9.71. The van der Waals surface area contributed by atoms with Crippen molar-refractivity contribution in [1.29, 1.82) is 0 Å². The van der Waals surface area contributed by atoms with Crippen LogP contribution in [-0.4, -0.2) is 353 Å². The van der Waals surface area contributed by atoms with Crippen molar-refractivity contribution < 1.29 is 239 Å². The summed E-state index contributed by atoms with van der Waals surface area (Å²) in [7, 11) is -43.6. The minimum absolute atomic E-state index is 0.696. The lowest BCUT2D eigenvalue weighted by molar-refractivity contribution is -0.392. The van der Waals surface area contributed by atoms with E-state index >= 15 is 0 Å². The van der Waals surface area contributed by atoms with Crippen LogP contribution >= 0.6 is 0 Å². The fourth-order valence-electron chi connectivity index (χ4n) is 11.3. The molecule has 0 bridgehead atoms. The maximum absolute atomic E-state index is 13.0. The number of aliphatic hydroxyl groups is 8. The molecule has 11 N–H and O–H groups in total. The highest BCUT2D eigenvalue weighted by Gasteiger charge is 2.61. The highest BCUT2D eigenvalue weighted by atomic mass is 32.3. The SMILES string of the molecule is CC(=O)N[C@H]1[C@@H](O[C@H]2[C@H](O)[C@@H](O)[C@H](O[C@H]3[C@H](OS(=O)(=O)[O-])[C@@H](NS(=O)(=O)[O-])[C@@H](O[C@H]4[C@H](O)[C@@H](OS(=O)(=O)[O-])[C@H](O[C@H]5[C@H](O)[C@@H](NS(=O)(=O)[O-])C(O)O[C@@H]5COS(=O)(=O)[O-])O[C@H]4C(=O)[O-])O[C@@H]3COS(=O)(=O)[O-])O[C@@H]2C(=O)[O-])O[C@H](COS(=O)(=O)[O-])[C@@H](O[C@@H]2OC(C(=O)[O-])[C@@H](C(C)(C)C)[C@H](O)[C@H]2O)[C@@H]1O. The monoisotopic (exact) mass is 1660 g/mol. The van der Waals surface area contributed by atoms with Crippen LogP contribution in [0.1, 0.15) is 27.7 Å². The number of hydrogen-bond donors (Lipinski definition) is 11. The Kier molecular flexibility index (Phi) is 29.0. The first kappa shape index (κ1) is 89.1. The Morgan fingerprint density at radius 1 is 0.375 bits per heavy atom. The van der Waals surface area contributed by atoms with Crippen LogP contribution in [0.25, 0.3) is 0 Å². The maximum Gasteiger partial charge on any atom is 0.218 e. The number of rotatable bonds is 31. The number of carbonyl (C=O) groups is 4. The number of aliphatic carboxylic acids is 3. The van der Waals surface area contributed by atoms with Gasteiger partial charge in [-0.25, -0.2) is 68.4 Å². The molecule has 6 aliphatic rings. The highest BCUT2D eigenvalue weighted by molar-refractivity contribution is 7.84. The van der Waals surface area contributed by atoms with Gasteiger partial charge in [-0.15, -0.1) is 0 Å². The van der Waals surface area contributed by atoms with Gasteiger partial charge in [-0.2, -0.15) is 0 Å². The van der Waals surface area contributed by atoms with Gasteiger partial charge in [-0.1, -0.05) is 20.8 Å². The van der Waals surface area contributed by atoms with E-state index in [0.29, 0.717) is 6.92 Å². The summed E-state index contributed by atoms with van der Waals surface area (Å²) >= 11 is 0. The molecule has 0 radical (unpaired) electrons. The zero-order valence-corrected chi connectivity index (χ0v) is 57.6. The van der Waals surface area contributed by atoms with Gasteiger partial charge in [0.05, 0.1) is 43.8 Å². The summed E-state index contributed by atoms with van der Waals surface area (Å²) < 4.78 is 333. The summed E-state index contributed by atoms with van der Waals surface area (Å²) in [5, 5.41) is 131. The van der Waals surface area contributed by atoms with Crippen molar-refractivity contribution in [2.24, 2.45) is 11.3 Å². The first-order chi connectivity index (χ1) is 47.2. The van der Waals surface area contributed by atoms with E-state index in [1.54, 1.807) is 0 Å². The molecule has 0 spiro atoms. The average molecular weight is 1660 g/mol. The van der Waals surface area contributed by atoms with Gasteiger partial charge in [-0.3, -0.25) is 25.7 Å². The molecule has 6 fully saturated rings. The van der Waals surface area contributed by atoms with E-state index in [1.807, 2.05) is 5.32 Å². The summed E-state index contributed by atoms with van der Waals surface area (Å²) in [4.78, 5) is 50.9. The standard InChI is InChI=1S/C42H69N3O52S7/c1-8(46)43-14-18(49)24(88-39-20(51)16(47)12(42(2,3)4)26(91-39)33(54)55)10(6-83-101(70,71)72)86-37(14)92-28-19(50)21(52)40(94-31(28)34(56)57)90-25-11(7-84-102(73,74)75)87-38(15(45-99(64,65)66)27(25)96-103(76,77)78)93-29-22(53)30(97-104(79,80)81)41(95-32(29)35(58)59)89-23-9(5-82-100(67,68)69)85-36(60)13(17(23)48)44-98(61,62)63/h9-32,36-41,44-45,47-53,60H,5-7H2,1-4H3,(H,43,46)(H,54,55)(H,56,57)(H,58,59)(H,61,62,63)(H,64,65,66)(H,67,68,69)(H,70,71,72)(H,73,74,75)(H,76,77,78)(H,79,80,81)/p-10/t9-,10-,11-,12+,13-,14-,15-,16+,17-,18-,19-,20-,21-,22+,23-,24-,25-,26?,27-,28+,29+,30-,31+,32-,36?,37-,38-,39-,40-,41-/m1/s1. The second-order valence-electron chi connectivity index (χ2n) is 23.7. The first-order valence-electron chi connectivity index (χ1n) is 28.3. The molecular weight excluding hydrogens is 1600 g/mol. The van der Waals surface area contributed by atoms with Crippen LogP contribution in [-0.2, 0) is 165 Å². The van der Waals surface area contributed by atoms with Crippen LogP contribution in [0, 0.1) is 11.3 Å². The van der Waals surface area contributed by atoms with Gasteiger partial charge >= 0.3 is 0 Å². The van der Waals surface area contributed by atoms with Gasteiger partial charge in [0.25, 0.3) is 0 Å². The molecule has 1 amide bonds. The van der Waals surface area contributed by atoms with Crippen LogP contribution in [0.3, 0.4) is 0 Å². The summed E-state index contributed by atoms with van der Waals surface area (Å²) in [6, 6.07) is -8.53. The number of amides is 1. The topological polar surface area (TPSA) is 883 Å². The van der Waals surface area contributed by atoms with Crippen LogP contribution in [0.15, 0.2) is 0 Å². The Bertz CT molecular complexity index is 3870. The van der Waals surface area contributed by atoms with E-state index in [1.165, 1.54) is 20.8 Å². The molecule has 0 aromatic carbocycles. The molecule has 2 unspecified atom stereocenters. The highest BCUT2D eigenvalue weighted by Crippen LogP contribution is 2.42. The normalized spacial score (nSPS) is 39.7. The molecule has 6 heterocycles. The van der Waals surface area contributed by atoms with Crippen LogP contribution in [0.2, 0.25) is 0 Å². The van der Waals surface area contributed by atoms with E-state index < -0.39 is 306 Å². The number of ether oxygens (including phenoxy) is 11. The van der Waals surface area contributed by atoms with Crippen molar-refractivity contribution >= 4 is 96.4 Å². The van der Waals surface area contributed by atoms with Gasteiger partial charge in [0.2, 0.25) is 57.9 Å². The van der Waals surface area contributed by atoms with Crippen molar-refractivity contribution in [1.82, 2.24) is 14.8 Å². The number of carboxylic acid groups (broad SMARTS) is 3. The molecule has 6 aliphatic heterocycles. The molecular formula is C42H59N3O52S7-10. The number of carbonyl (C=O) groups excluding carboxylic acids is 4. The number of hydrogen-bond acceptors (Lipinski definition) is 52. The molecule has 0 aliphatic carbocycles. The molecule has 0 aromatic rings. The van der Waals surface area contributed by atoms with Crippen molar-refractivity contribution in [3.8, 4) is 0 Å². The Hall–Kier alpha value is -3.79. The van der Waals surface area contributed by atoms with Crippen LogP contribution < -0.4 is 30.1 Å². The second kappa shape index (κ2) is 33.8. The number of aliphatic hydroxyl groups excluding tert-OH is 8. The van der Waals surface area contributed by atoms with Gasteiger partial charge in [-0.05, 0) is 5.41 Å². The third-order valence-electron chi connectivity index (χ3n) is 15.4. The lowest BCUT2D eigenvalue weighted by Gasteiger charge is -2.52. The summed E-state index contributed by atoms with van der Waals surface area (Å²) in [5.74, 6) is -10.3. The molecule has 104 heavy (non-hydrogen) atoms. The molecule has 55 nitrogen and oxygen atoms in total. The molecule has 30 atom stereocenters. The van der Waals surface area contributed by atoms with Gasteiger partial charge in [0.15, 0.2) is 64.5 Å². The molecule has 6 saturated heterocycles. The average Bonchev–Trinajstić information content (AvgIpc) is 0.760. The Labute approximate surface area is 584 Å². The summed E-state index contributed by atoms with van der Waals surface area (Å²) in [5.41, 5.74) is -1.22. The Morgan fingerprint density at radius 3 is 1.13 bits per heavy atom. The zero-order valence-electron chi connectivity index (χ0n) is 51.8. The Balaban J connectivity index is 1.39. The molecule has 6 rings (SSSR count). The van der Waals surface area contributed by atoms with Gasteiger partial charge < -0.3 is 160 Å². The van der Waals surface area contributed by atoms with E-state index in [0.717, 1.165) is 9.44 Å². The van der Waals surface area contributed by atoms with E-state index in [9.17, 15) is 166 Å². The van der Waals surface area contributed by atoms with Gasteiger partial charge in [0.1, 0.15) is 128 Å². The summed E-state index contributed by atoms with van der Waals surface area (Å²) in [6.07, 6.45) is -76.3. The maximum atomic E-state index is 13.0. The van der Waals surface area contributed by atoms with E-state index in [2.05, 4.69) is 20.9 Å². The zero-order chi connectivity index (χ0) is 79.2. The predicted octanol–water partition coefficient (Wildman–Crippen LogP) is -19.8. The number of nitrogens with one attached hydrogen (secondary N) is 3. The minimum atomic E-state index is -6.72. The van der Waals surface area contributed by atoms with Gasteiger partial charge in [0, 0.05) is 12.8 Å². The number of carboxylic acids is 3. The largest absolute Gasteiger partial charge is 0.735 e. The van der Waals surface area contributed by atoms with E-state index in [4.69, 9.17) is 52.1 Å². The van der Waals surface area contributed by atoms with Crippen molar-refractivity contribution in [2.75, 3.05) is 19.8 Å².